The summed E-state index contributed by atoms with van der Waals surface area (Å²) in [5.41, 5.74) is 3.42. The first-order chi connectivity index (χ1) is 9.36. The number of thioether (sulfide) groups is 1. The van der Waals surface area contributed by atoms with Crippen LogP contribution in [-0.4, -0.2) is 4.98 Å². The number of nitrogens with zero attached hydrogens (tertiary/aromatic N) is 2. The largest absolute Gasteiger partial charge is 0.263 e. The van der Waals surface area contributed by atoms with Gasteiger partial charge in [-0.3, -0.25) is 4.98 Å². The lowest BCUT2D eigenvalue weighted by atomic mass is 10.1. The molecule has 1 aromatic carbocycles. The predicted octanol–water partition coefficient (Wildman–Crippen LogP) is 4.12. The van der Waals surface area contributed by atoms with Gasteiger partial charge >= 0.3 is 0 Å². The van der Waals surface area contributed by atoms with Crippen LogP contribution in [0.2, 0.25) is 0 Å². The number of hydrogen-bond donors (Lipinski definition) is 0. The molecule has 0 saturated heterocycles. The monoisotopic (exact) mass is 266 g/mol. The van der Waals surface area contributed by atoms with Crippen molar-refractivity contribution in [2.24, 2.45) is 0 Å². The summed E-state index contributed by atoms with van der Waals surface area (Å²) in [5.74, 6) is 1.70. The minimum atomic E-state index is 0.655. The SMILES string of the molecule is N#Cc1cnccc1SCc1ccc(C2CC2)cc1. The van der Waals surface area contributed by atoms with Gasteiger partial charge in [0.15, 0.2) is 0 Å². The van der Waals surface area contributed by atoms with Crippen LogP contribution in [0, 0.1) is 11.3 Å². The summed E-state index contributed by atoms with van der Waals surface area (Å²) in [6, 6.07) is 13.0. The average molecular weight is 266 g/mol. The van der Waals surface area contributed by atoms with Crippen molar-refractivity contribution in [3.8, 4) is 6.07 Å². The van der Waals surface area contributed by atoms with E-state index < -0.39 is 0 Å². The molecule has 0 aliphatic heterocycles. The molecule has 19 heavy (non-hydrogen) atoms. The Balaban J connectivity index is 1.67. The molecule has 0 bridgehead atoms. The second-order valence-electron chi connectivity index (χ2n) is 4.79. The molecule has 1 aliphatic rings. The van der Waals surface area contributed by atoms with Crippen LogP contribution in [0.25, 0.3) is 0 Å². The third-order valence-corrected chi connectivity index (χ3v) is 4.47. The zero-order valence-corrected chi connectivity index (χ0v) is 11.4. The van der Waals surface area contributed by atoms with Crippen molar-refractivity contribution < 1.29 is 0 Å². The molecular formula is C16H14N2S. The molecule has 1 saturated carbocycles. The van der Waals surface area contributed by atoms with Crippen LogP contribution in [0.3, 0.4) is 0 Å². The van der Waals surface area contributed by atoms with Crippen LogP contribution in [0.1, 0.15) is 35.4 Å². The third-order valence-electron chi connectivity index (χ3n) is 3.32. The Labute approximate surface area is 117 Å². The van der Waals surface area contributed by atoms with E-state index in [-0.39, 0.29) is 0 Å². The predicted molar refractivity (Wildman–Crippen MR) is 76.9 cm³/mol. The average Bonchev–Trinajstić information content (AvgIpc) is 3.30. The molecule has 0 unspecified atom stereocenters. The standard InChI is InChI=1S/C16H14N2S/c17-9-15-10-18-8-7-16(15)19-11-12-1-3-13(4-2-12)14-5-6-14/h1-4,7-8,10,14H,5-6,11H2. The summed E-state index contributed by atoms with van der Waals surface area (Å²) in [6.45, 7) is 0. The Morgan fingerprint density at radius 2 is 2.00 bits per heavy atom. The maximum atomic E-state index is 9.02. The second kappa shape index (κ2) is 5.46. The molecule has 3 heteroatoms. The molecule has 1 aromatic heterocycles. The maximum Gasteiger partial charge on any atom is 0.102 e. The van der Waals surface area contributed by atoms with E-state index in [1.54, 1.807) is 24.2 Å². The quantitative estimate of drug-likeness (QED) is 0.781. The molecule has 0 radical (unpaired) electrons. The molecule has 1 heterocycles. The first kappa shape index (κ1) is 12.3. The fourth-order valence-corrected chi connectivity index (χ4v) is 2.98. The van der Waals surface area contributed by atoms with Crippen LogP contribution < -0.4 is 0 Å². The van der Waals surface area contributed by atoms with Gasteiger partial charge in [0, 0.05) is 23.0 Å². The van der Waals surface area contributed by atoms with Crippen molar-refractivity contribution in [3.63, 3.8) is 0 Å². The molecule has 94 valence electrons. The van der Waals surface area contributed by atoms with Crippen molar-refractivity contribution in [3.05, 3.63) is 59.4 Å². The van der Waals surface area contributed by atoms with Crippen molar-refractivity contribution in [1.82, 2.24) is 4.98 Å². The second-order valence-corrected chi connectivity index (χ2v) is 5.81. The Morgan fingerprint density at radius 3 is 2.68 bits per heavy atom. The summed E-state index contributed by atoms with van der Waals surface area (Å²) in [4.78, 5) is 4.98. The highest BCUT2D eigenvalue weighted by Gasteiger charge is 2.22. The van der Waals surface area contributed by atoms with Crippen LogP contribution in [0.15, 0.2) is 47.6 Å². The smallest absolute Gasteiger partial charge is 0.102 e. The van der Waals surface area contributed by atoms with Crippen molar-refractivity contribution in [1.29, 1.82) is 5.26 Å². The normalized spacial score (nSPS) is 14.1. The fourth-order valence-electron chi connectivity index (χ4n) is 2.06. The van der Waals surface area contributed by atoms with Crippen molar-refractivity contribution in [2.75, 3.05) is 0 Å². The van der Waals surface area contributed by atoms with Gasteiger partial charge in [-0.25, -0.2) is 0 Å². The van der Waals surface area contributed by atoms with Gasteiger partial charge in [-0.2, -0.15) is 5.26 Å². The summed E-state index contributed by atoms with van der Waals surface area (Å²) >= 11 is 1.69. The van der Waals surface area contributed by atoms with E-state index in [9.17, 15) is 0 Å². The lowest BCUT2D eigenvalue weighted by Gasteiger charge is -2.04. The number of nitriles is 1. The molecule has 2 aromatic rings. The molecule has 3 rings (SSSR count). The van der Waals surface area contributed by atoms with Gasteiger partial charge in [0.25, 0.3) is 0 Å². The molecule has 0 N–H and O–H groups in total. The van der Waals surface area contributed by atoms with Crippen LogP contribution in [0.4, 0.5) is 0 Å². The number of rotatable bonds is 4. The van der Waals surface area contributed by atoms with E-state index in [4.69, 9.17) is 5.26 Å². The maximum absolute atomic E-state index is 9.02. The molecule has 0 atom stereocenters. The van der Waals surface area contributed by atoms with Gasteiger partial charge in [-0.05, 0) is 36.0 Å². The summed E-state index contributed by atoms with van der Waals surface area (Å²) in [6.07, 6.45) is 6.05. The minimum Gasteiger partial charge on any atom is -0.263 e. The van der Waals surface area contributed by atoms with E-state index in [1.807, 2.05) is 6.07 Å². The summed E-state index contributed by atoms with van der Waals surface area (Å²) in [5, 5.41) is 9.02. The topological polar surface area (TPSA) is 36.7 Å². The molecule has 2 nitrogen and oxygen atoms in total. The summed E-state index contributed by atoms with van der Waals surface area (Å²) < 4.78 is 0. The van der Waals surface area contributed by atoms with E-state index in [0.717, 1.165) is 16.6 Å². The van der Waals surface area contributed by atoms with Crippen molar-refractivity contribution >= 4 is 11.8 Å². The number of aromatic nitrogens is 1. The lowest BCUT2D eigenvalue weighted by Crippen LogP contribution is -1.86. The zero-order chi connectivity index (χ0) is 13.1. The Hall–Kier alpha value is -1.79. The lowest BCUT2D eigenvalue weighted by molar-refractivity contribution is 1.12. The molecule has 0 spiro atoms. The van der Waals surface area contributed by atoms with E-state index >= 15 is 0 Å². The van der Waals surface area contributed by atoms with Gasteiger partial charge in [-0.15, -0.1) is 11.8 Å². The van der Waals surface area contributed by atoms with E-state index in [1.165, 1.54) is 24.0 Å². The Kier molecular flexibility index (Phi) is 3.52. The first-order valence-electron chi connectivity index (χ1n) is 6.42. The van der Waals surface area contributed by atoms with Gasteiger partial charge in [0.1, 0.15) is 6.07 Å². The Bertz CT molecular complexity index is 609. The Morgan fingerprint density at radius 1 is 1.21 bits per heavy atom. The third kappa shape index (κ3) is 2.97. The highest BCUT2D eigenvalue weighted by molar-refractivity contribution is 7.98. The highest BCUT2D eigenvalue weighted by Crippen LogP contribution is 2.40. The van der Waals surface area contributed by atoms with Crippen LogP contribution in [-0.2, 0) is 5.75 Å². The van der Waals surface area contributed by atoms with Crippen LogP contribution in [0.5, 0.6) is 0 Å². The van der Waals surface area contributed by atoms with Gasteiger partial charge < -0.3 is 0 Å². The molecule has 0 amide bonds. The fraction of sp³-hybridized carbons (Fsp3) is 0.250. The molecule has 1 fully saturated rings. The van der Waals surface area contributed by atoms with E-state index in [2.05, 4.69) is 35.3 Å². The van der Waals surface area contributed by atoms with Crippen LogP contribution >= 0.6 is 11.8 Å². The highest BCUT2D eigenvalue weighted by atomic mass is 32.2. The number of hydrogen-bond acceptors (Lipinski definition) is 3. The first-order valence-corrected chi connectivity index (χ1v) is 7.41. The molecule has 1 aliphatic carbocycles. The minimum absolute atomic E-state index is 0.655. The molecular weight excluding hydrogens is 252 g/mol. The van der Waals surface area contributed by atoms with Gasteiger partial charge in [-0.1, -0.05) is 24.3 Å². The zero-order valence-electron chi connectivity index (χ0n) is 10.5. The van der Waals surface area contributed by atoms with Gasteiger partial charge in [0.05, 0.1) is 5.56 Å². The number of benzene rings is 1. The van der Waals surface area contributed by atoms with E-state index in [0.29, 0.717) is 5.56 Å². The number of pyridine rings is 1. The van der Waals surface area contributed by atoms with Gasteiger partial charge in [0.2, 0.25) is 0 Å². The summed E-state index contributed by atoms with van der Waals surface area (Å²) in [7, 11) is 0. The van der Waals surface area contributed by atoms with Crippen molar-refractivity contribution in [2.45, 2.75) is 29.4 Å².